The maximum absolute atomic E-state index is 10.8. The van der Waals surface area contributed by atoms with Crippen molar-refractivity contribution in [2.75, 3.05) is 0 Å². The lowest BCUT2D eigenvalue weighted by Crippen LogP contribution is -2.25. The second-order valence-corrected chi connectivity index (χ2v) is 6.27. The summed E-state index contributed by atoms with van der Waals surface area (Å²) < 4.78 is 0. The minimum atomic E-state index is -0.921. The fourth-order valence-corrected chi connectivity index (χ4v) is 2.95. The molecule has 0 radical (unpaired) electrons. The van der Waals surface area contributed by atoms with E-state index in [0.29, 0.717) is 11.4 Å². The van der Waals surface area contributed by atoms with Gasteiger partial charge in [-0.05, 0) is 62.1 Å². The van der Waals surface area contributed by atoms with Crippen molar-refractivity contribution in [1.82, 2.24) is 0 Å². The second-order valence-electron chi connectivity index (χ2n) is 5.84. The molecular weight excluding hydrogens is 268 g/mol. The highest BCUT2D eigenvalue weighted by atomic mass is 35.5. The van der Waals surface area contributed by atoms with Crippen molar-refractivity contribution in [2.45, 2.75) is 39.7 Å². The molecule has 1 N–H and O–H groups in total. The number of rotatable bonds is 3. The minimum absolute atomic E-state index is 0.589. The molecule has 0 saturated heterocycles. The van der Waals surface area contributed by atoms with Crippen LogP contribution in [0.1, 0.15) is 34.7 Å². The molecule has 0 bridgehead atoms. The molecule has 2 aromatic rings. The highest BCUT2D eigenvalue weighted by Crippen LogP contribution is 2.30. The Morgan fingerprint density at radius 1 is 1.05 bits per heavy atom. The first-order valence-electron chi connectivity index (χ1n) is 6.85. The van der Waals surface area contributed by atoms with Gasteiger partial charge in [0.1, 0.15) is 0 Å². The normalized spacial score (nSPS) is 14.1. The van der Waals surface area contributed by atoms with Crippen LogP contribution >= 0.6 is 11.6 Å². The molecule has 0 saturated carbocycles. The van der Waals surface area contributed by atoms with Gasteiger partial charge in [0.15, 0.2) is 0 Å². The van der Waals surface area contributed by atoms with Gasteiger partial charge >= 0.3 is 0 Å². The molecule has 0 aliphatic rings. The summed E-state index contributed by atoms with van der Waals surface area (Å²) in [7, 11) is 0. The van der Waals surface area contributed by atoms with E-state index in [4.69, 9.17) is 11.6 Å². The van der Waals surface area contributed by atoms with Crippen molar-refractivity contribution in [3.05, 3.63) is 69.2 Å². The summed E-state index contributed by atoms with van der Waals surface area (Å²) in [6.45, 7) is 8.14. The van der Waals surface area contributed by atoms with Gasteiger partial charge in [0.2, 0.25) is 0 Å². The standard InChI is InChI=1S/C18H21ClO/c1-12-8-13(2)17(14(3)9-12)11-18(4,20)15-6-5-7-16(19)10-15/h5-10,20H,11H2,1-4H3. The van der Waals surface area contributed by atoms with Crippen LogP contribution < -0.4 is 0 Å². The highest BCUT2D eigenvalue weighted by molar-refractivity contribution is 6.30. The zero-order chi connectivity index (χ0) is 14.9. The van der Waals surface area contributed by atoms with Crippen molar-refractivity contribution in [2.24, 2.45) is 0 Å². The monoisotopic (exact) mass is 288 g/mol. The number of aliphatic hydroxyl groups is 1. The maximum Gasteiger partial charge on any atom is 0.0909 e. The van der Waals surface area contributed by atoms with Gasteiger partial charge in [0, 0.05) is 11.4 Å². The molecule has 0 heterocycles. The molecule has 0 aromatic heterocycles. The van der Waals surface area contributed by atoms with Crippen LogP contribution in [0.5, 0.6) is 0 Å². The second kappa shape index (κ2) is 5.59. The van der Waals surface area contributed by atoms with Crippen molar-refractivity contribution >= 4 is 11.6 Å². The highest BCUT2D eigenvalue weighted by Gasteiger charge is 2.25. The van der Waals surface area contributed by atoms with Crippen LogP contribution in [0, 0.1) is 20.8 Å². The van der Waals surface area contributed by atoms with Crippen molar-refractivity contribution in [3.63, 3.8) is 0 Å². The van der Waals surface area contributed by atoms with Crippen molar-refractivity contribution in [3.8, 4) is 0 Å². The topological polar surface area (TPSA) is 20.2 Å². The zero-order valence-corrected chi connectivity index (χ0v) is 13.3. The largest absolute Gasteiger partial charge is 0.385 e. The predicted molar refractivity (Wildman–Crippen MR) is 85.4 cm³/mol. The molecule has 0 spiro atoms. The summed E-state index contributed by atoms with van der Waals surface area (Å²) in [5.41, 5.74) is 4.85. The van der Waals surface area contributed by atoms with Gasteiger partial charge in [-0.1, -0.05) is 41.4 Å². The van der Waals surface area contributed by atoms with Gasteiger partial charge in [0.05, 0.1) is 5.60 Å². The van der Waals surface area contributed by atoms with E-state index < -0.39 is 5.60 Å². The van der Waals surface area contributed by atoms with Crippen molar-refractivity contribution < 1.29 is 5.11 Å². The van der Waals surface area contributed by atoms with Crippen LogP contribution in [0.2, 0.25) is 5.02 Å². The number of hydrogen-bond donors (Lipinski definition) is 1. The molecule has 1 unspecified atom stereocenters. The summed E-state index contributed by atoms with van der Waals surface area (Å²) >= 11 is 6.03. The lowest BCUT2D eigenvalue weighted by Gasteiger charge is -2.26. The maximum atomic E-state index is 10.8. The molecule has 2 heteroatoms. The molecule has 2 aromatic carbocycles. The predicted octanol–water partition coefficient (Wildman–Crippen LogP) is 4.72. The number of aryl methyl sites for hydroxylation is 3. The number of benzene rings is 2. The third kappa shape index (κ3) is 3.23. The molecule has 2 rings (SSSR count). The van der Waals surface area contributed by atoms with Gasteiger partial charge in [0.25, 0.3) is 0 Å². The van der Waals surface area contributed by atoms with Crippen LogP contribution in [0.15, 0.2) is 36.4 Å². The fraction of sp³-hybridized carbons (Fsp3) is 0.333. The number of halogens is 1. The van der Waals surface area contributed by atoms with Crippen LogP contribution in [0.3, 0.4) is 0 Å². The van der Waals surface area contributed by atoms with E-state index in [-0.39, 0.29) is 0 Å². The van der Waals surface area contributed by atoms with Gasteiger partial charge in [-0.25, -0.2) is 0 Å². The summed E-state index contributed by atoms with van der Waals surface area (Å²) in [6, 6.07) is 11.8. The van der Waals surface area contributed by atoms with Gasteiger partial charge in [-0.2, -0.15) is 0 Å². The third-order valence-electron chi connectivity index (χ3n) is 3.81. The first kappa shape index (κ1) is 15.1. The SMILES string of the molecule is Cc1cc(C)c(CC(C)(O)c2cccc(Cl)c2)c(C)c1. The van der Waals surface area contributed by atoms with Gasteiger partial charge < -0.3 is 5.11 Å². The lowest BCUT2D eigenvalue weighted by atomic mass is 9.85. The Morgan fingerprint density at radius 3 is 2.20 bits per heavy atom. The van der Waals surface area contributed by atoms with E-state index in [1.807, 2.05) is 31.2 Å². The molecule has 106 valence electrons. The average Bonchev–Trinajstić information content (AvgIpc) is 2.34. The first-order valence-corrected chi connectivity index (χ1v) is 7.22. The van der Waals surface area contributed by atoms with E-state index >= 15 is 0 Å². The van der Waals surface area contributed by atoms with E-state index in [1.165, 1.54) is 22.3 Å². The van der Waals surface area contributed by atoms with Crippen LogP contribution in [0.4, 0.5) is 0 Å². The van der Waals surface area contributed by atoms with Gasteiger partial charge in [-0.15, -0.1) is 0 Å². The Hall–Kier alpha value is -1.31. The molecule has 1 nitrogen and oxygen atoms in total. The molecule has 1 atom stereocenters. The van der Waals surface area contributed by atoms with E-state index in [9.17, 15) is 5.11 Å². The molecule has 0 aliphatic carbocycles. The lowest BCUT2D eigenvalue weighted by molar-refractivity contribution is 0.0573. The Bertz CT molecular complexity index is 606. The molecule has 0 aliphatic heterocycles. The number of hydrogen-bond acceptors (Lipinski definition) is 1. The Labute approximate surface area is 126 Å². The molecule has 0 amide bonds. The molecule has 0 fully saturated rings. The summed E-state index contributed by atoms with van der Waals surface area (Å²) in [6.07, 6.45) is 0.589. The smallest absolute Gasteiger partial charge is 0.0909 e. The summed E-state index contributed by atoms with van der Waals surface area (Å²) in [5, 5.41) is 11.5. The van der Waals surface area contributed by atoms with Gasteiger partial charge in [-0.3, -0.25) is 0 Å². The van der Waals surface area contributed by atoms with E-state index in [1.54, 1.807) is 0 Å². The van der Waals surface area contributed by atoms with Crippen molar-refractivity contribution in [1.29, 1.82) is 0 Å². The average molecular weight is 289 g/mol. The quantitative estimate of drug-likeness (QED) is 0.867. The zero-order valence-electron chi connectivity index (χ0n) is 12.5. The summed E-state index contributed by atoms with van der Waals surface area (Å²) in [4.78, 5) is 0. The van der Waals surface area contributed by atoms with E-state index in [2.05, 4.69) is 32.9 Å². The van der Waals surface area contributed by atoms with E-state index in [0.717, 1.165) is 5.56 Å². The molecular formula is C18H21ClO. The van der Waals surface area contributed by atoms with Crippen LogP contribution in [-0.4, -0.2) is 5.11 Å². The third-order valence-corrected chi connectivity index (χ3v) is 4.04. The fourth-order valence-electron chi connectivity index (χ4n) is 2.76. The summed E-state index contributed by atoms with van der Waals surface area (Å²) in [5.74, 6) is 0. The van der Waals surface area contributed by atoms with Crippen LogP contribution in [0.25, 0.3) is 0 Å². The first-order chi connectivity index (χ1) is 9.29. The van der Waals surface area contributed by atoms with Crippen LogP contribution in [-0.2, 0) is 12.0 Å². The Kier molecular flexibility index (Phi) is 4.22. The molecule has 20 heavy (non-hydrogen) atoms. The Balaban J connectivity index is 2.38. The minimum Gasteiger partial charge on any atom is -0.385 e. The Morgan fingerprint density at radius 2 is 1.65 bits per heavy atom.